The summed E-state index contributed by atoms with van der Waals surface area (Å²) in [5.74, 6) is 0.617. The summed E-state index contributed by atoms with van der Waals surface area (Å²) in [5, 5.41) is 3.94. The van der Waals surface area contributed by atoms with Gasteiger partial charge in [-0.1, -0.05) is 17.3 Å². The van der Waals surface area contributed by atoms with E-state index in [9.17, 15) is 4.39 Å². The summed E-state index contributed by atoms with van der Waals surface area (Å²) in [6.45, 7) is 2.19. The maximum Gasteiger partial charge on any atom is 0.258 e. The van der Waals surface area contributed by atoms with Crippen molar-refractivity contribution in [3.05, 3.63) is 59.4 Å². The normalized spacial score (nSPS) is 10.8. The monoisotopic (exact) mass is 283 g/mol. The van der Waals surface area contributed by atoms with Gasteiger partial charge >= 0.3 is 0 Å². The Kier molecular flexibility index (Phi) is 3.50. The number of benzene rings is 2. The first kappa shape index (κ1) is 13.5. The van der Waals surface area contributed by atoms with Crippen molar-refractivity contribution in [3.8, 4) is 22.8 Å². The minimum atomic E-state index is -0.250. The van der Waals surface area contributed by atoms with Gasteiger partial charge in [0, 0.05) is 17.7 Å². The van der Waals surface area contributed by atoms with E-state index in [1.54, 1.807) is 19.1 Å². The van der Waals surface area contributed by atoms with Crippen LogP contribution >= 0.6 is 0 Å². The Bertz CT molecular complexity index is 765. The lowest BCUT2D eigenvalue weighted by molar-refractivity contribution is 0.432. The van der Waals surface area contributed by atoms with Crippen molar-refractivity contribution >= 4 is 0 Å². The minimum Gasteiger partial charge on any atom is -0.334 e. The fourth-order valence-electron chi connectivity index (χ4n) is 2.03. The number of aromatic nitrogens is 2. The average molecular weight is 283 g/mol. The minimum absolute atomic E-state index is 0.250. The number of hydrogen-bond donors (Lipinski definition) is 1. The highest BCUT2D eigenvalue weighted by molar-refractivity contribution is 5.60. The fraction of sp³-hybridized carbons (Fsp3) is 0.125. The van der Waals surface area contributed by atoms with Crippen molar-refractivity contribution in [1.82, 2.24) is 10.1 Å². The van der Waals surface area contributed by atoms with E-state index < -0.39 is 0 Å². The van der Waals surface area contributed by atoms with Gasteiger partial charge in [0.25, 0.3) is 5.89 Å². The van der Waals surface area contributed by atoms with Crippen LogP contribution in [0.5, 0.6) is 0 Å². The standard InChI is InChI=1S/C16H14FN3O/c1-10-8-13(6-7-14(10)17)15-19-16(21-20-15)12-4-2-11(9-18)3-5-12/h2-8H,9,18H2,1H3. The number of nitrogens with zero attached hydrogens (tertiary/aromatic N) is 2. The van der Waals surface area contributed by atoms with Crippen molar-refractivity contribution in [2.45, 2.75) is 13.5 Å². The summed E-state index contributed by atoms with van der Waals surface area (Å²) in [7, 11) is 0. The first-order valence-corrected chi connectivity index (χ1v) is 6.57. The molecule has 1 aromatic heterocycles. The van der Waals surface area contributed by atoms with Gasteiger partial charge in [0.2, 0.25) is 5.82 Å². The summed E-state index contributed by atoms with van der Waals surface area (Å²) < 4.78 is 18.5. The number of halogens is 1. The second-order valence-electron chi connectivity index (χ2n) is 4.79. The quantitative estimate of drug-likeness (QED) is 0.801. The van der Waals surface area contributed by atoms with E-state index in [1.807, 2.05) is 24.3 Å². The van der Waals surface area contributed by atoms with Gasteiger partial charge in [0.05, 0.1) is 0 Å². The first-order chi connectivity index (χ1) is 10.2. The Morgan fingerprint density at radius 1 is 1.10 bits per heavy atom. The van der Waals surface area contributed by atoms with E-state index in [4.69, 9.17) is 10.3 Å². The van der Waals surface area contributed by atoms with Gasteiger partial charge in [-0.2, -0.15) is 4.98 Å². The van der Waals surface area contributed by atoms with E-state index in [0.29, 0.717) is 23.8 Å². The molecule has 0 unspecified atom stereocenters. The molecule has 0 bridgehead atoms. The Morgan fingerprint density at radius 3 is 2.48 bits per heavy atom. The van der Waals surface area contributed by atoms with Crippen LogP contribution in [0.4, 0.5) is 4.39 Å². The third-order valence-corrected chi connectivity index (χ3v) is 3.28. The molecule has 0 aliphatic rings. The first-order valence-electron chi connectivity index (χ1n) is 6.57. The van der Waals surface area contributed by atoms with Crippen LogP contribution in [0.25, 0.3) is 22.8 Å². The maximum absolute atomic E-state index is 13.3. The molecule has 21 heavy (non-hydrogen) atoms. The second-order valence-corrected chi connectivity index (χ2v) is 4.79. The average Bonchev–Trinajstić information content (AvgIpc) is 3.00. The van der Waals surface area contributed by atoms with E-state index in [2.05, 4.69) is 10.1 Å². The molecule has 0 spiro atoms. The lowest BCUT2D eigenvalue weighted by Gasteiger charge is -1.98. The van der Waals surface area contributed by atoms with Crippen molar-refractivity contribution in [3.63, 3.8) is 0 Å². The molecule has 0 aliphatic carbocycles. The highest BCUT2D eigenvalue weighted by Gasteiger charge is 2.11. The SMILES string of the molecule is Cc1cc(-c2noc(-c3ccc(CN)cc3)n2)ccc1F. The van der Waals surface area contributed by atoms with Gasteiger partial charge in [-0.25, -0.2) is 4.39 Å². The van der Waals surface area contributed by atoms with Crippen LogP contribution in [0.15, 0.2) is 47.0 Å². The van der Waals surface area contributed by atoms with Crippen molar-refractivity contribution in [2.24, 2.45) is 5.73 Å². The zero-order chi connectivity index (χ0) is 14.8. The smallest absolute Gasteiger partial charge is 0.258 e. The lowest BCUT2D eigenvalue weighted by Crippen LogP contribution is -1.95. The van der Waals surface area contributed by atoms with Gasteiger partial charge in [0.1, 0.15) is 5.82 Å². The van der Waals surface area contributed by atoms with Gasteiger partial charge in [-0.3, -0.25) is 0 Å². The zero-order valence-corrected chi connectivity index (χ0v) is 11.5. The Morgan fingerprint density at radius 2 is 1.81 bits per heavy atom. The van der Waals surface area contributed by atoms with Crippen molar-refractivity contribution in [1.29, 1.82) is 0 Å². The molecule has 5 heteroatoms. The second kappa shape index (κ2) is 5.46. The highest BCUT2D eigenvalue weighted by Crippen LogP contribution is 2.23. The Labute approximate surface area is 121 Å². The van der Waals surface area contributed by atoms with Crippen LogP contribution < -0.4 is 5.73 Å². The maximum atomic E-state index is 13.3. The van der Waals surface area contributed by atoms with E-state index >= 15 is 0 Å². The lowest BCUT2D eigenvalue weighted by atomic mass is 10.1. The van der Waals surface area contributed by atoms with Crippen LogP contribution in [0.3, 0.4) is 0 Å². The predicted molar refractivity (Wildman–Crippen MR) is 77.8 cm³/mol. The Hall–Kier alpha value is -2.53. The number of nitrogens with two attached hydrogens (primary N) is 1. The number of aryl methyl sites for hydroxylation is 1. The summed E-state index contributed by atoms with van der Waals surface area (Å²) in [4.78, 5) is 4.35. The topological polar surface area (TPSA) is 64.9 Å². The van der Waals surface area contributed by atoms with Crippen LogP contribution in [0.1, 0.15) is 11.1 Å². The van der Waals surface area contributed by atoms with Gasteiger partial charge in [0.15, 0.2) is 0 Å². The van der Waals surface area contributed by atoms with Crippen LogP contribution in [-0.4, -0.2) is 10.1 Å². The van der Waals surface area contributed by atoms with Crippen molar-refractivity contribution < 1.29 is 8.91 Å². The van der Waals surface area contributed by atoms with Gasteiger partial charge < -0.3 is 10.3 Å². The fourth-order valence-corrected chi connectivity index (χ4v) is 2.03. The summed E-state index contributed by atoms with van der Waals surface area (Å²) in [6, 6.07) is 12.3. The third-order valence-electron chi connectivity index (χ3n) is 3.28. The molecule has 0 radical (unpaired) electrons. The molecule has 0 aliphatic heterocycles. The molecule has 2 aromatic carbocycles. The molecular formula is C16H14FN3O. The zero-order valence-electron chi connectivity index (χ0n) is 11.5. The van der Waals surface area contributed by atoms with Gasteiger partial charge in [-0.05, 0) is 48.4 Å². The molecule has 4 nitrogen and oxygen atoms in total. The Balaban J connectivity index is 1.93. The summed E-state index contributed by atoms with van der Waals surface area (Å²) >= 11 is 0. The molecule has 0 atom stereocenters. The molecular weight excluding hydrogens is 269 g/mol. The van der Waals surface area contributed by atoms with Crippen LogP contribution in [0, 0.1) is 12.7 Å². The largest absolute Gasteiger partial charge is 0.334 e. The number of rotatable bonds is 3. The van der Waals surface area contributed by atoms with E-state index in [-0.39, 0.29) is 5.82 Å². The molecule has 2 N–H and O–H groups in total. The molecule has 0 amide bonds. The molecule has 0 saturated heterocycles. The third kappa shape index (κ3) is 2.68. The summed E-state index contributed by atoms with van der Waals surface area (Å²) in [6.07, 6.45) is 0. The van der Waals surface area contributed by atoms with E-state index in [0.717, 1.165) is 16.7 Å². The van der Waals surface area contributed by atoms with Crippen LogP contribution in [0.2, 0.25) is 0 Å². The number of hydrogen-bond acceptors (Lipinski definition) is 4. The molecule has 3 aromatic rings. The molecule has 106 valence electrons. The molecule has 3 rings (SSSR count). The molecule has 0 fully saturated rings. The van der Waals surface area contributed by atoms with Gasteiger partial charge in [-0.15, -0.1) is 0 Å². The van der Waals surface area contributed by atoms with E-state index in [1.165, 1.54) is 6.07 Å². The molecule has 0 saturated carbocycles. The van der Waals surface area contributed by atoms with Crippen molar-refractivity contribution in [2.75, 3.05) is 0 Å². The summed E-state index contributed by atoms with van der Waals surface area (Å²) in [5.41, 5.74) is 8.69. The highest BCUT2D eigenvalue weighted by atomic mass is 19.1. The van der Waals surface area contributed by atoms with Crippen LogP contribution in [-0.2, 0) is 6.54 Å². The molecule has 1 heterocycles. The predicted octanol–water partition coefficient (Wildman–Crippen LogP) is 3.31.